The lowest BCUT2D eigenvalue weighted by Gasteiger charge is -2.04. The van der Waals surface area contributed by atoms with Crippen molar-refractivity contribution in [3.63, 3.8) is 0 Å². The van der Waals surface area contributed by atoms with Crippen molar-refractivity contribution in [1.82, 2.24) is 4.98 Å². The Morgan fingerprint density at radius 2 is 2.07 bits per heavy atom. The lowest BCUT2D eigenvalue weighted by molar-refractivity contribution is 0.626. The SMILES string of the molecule is CCc1cc(F)cc(-c2cccnc2)c1. The van der Waals surface area contributed by atoms with Gasteiger partial charge < -0.3 is 0 Å². The molecule has 15 heavy (non-hydrogen) atoms. The number of halogens is 1. The first-order valence-corrected chi connectivity index (χ1v) is 4.99. The molecule has 0 atom stereocenters. The number of aryl methyl sites for hydroxylation is 1. The Kier molecular flexibility index (Phi) is 2.77. The van der Waals surface area contributed by atoms with Crippen molar-refractivity contribution in [2.24, 2.45) is 0 Å². The fraction of sp³-hybridized carbons (Fsp3) is 0.154. The molecule has 1 aromatic carbocycles. The second kappa shape index (κ2) is 4.22. The standard InChI is InChI=1S/C13H12FN/c1-2-10-6-12(8-13(14)7-10)11-4-3-5-15-9-11/h3-9H,2H2,1H3. The van der Waals surface area contributed by atoms with Crippen LogP contribution in [0.5, 0.6) is 0 Å². The summed E-state index contributed by atoms with van der Waals surface area (Å²) in [5.41, 5.74) is 2.85. The fourth-order valence-corrected chi connectivity index (χ4v) is 1.55. The van der Waals surface area contributed by atoms with Gasteiger partial charge in [0.1, 0.15) is 5.82 Å². The summed E-state index contributed by atoms with van der Waals surface area (Å²) < 4.78 is 13.3. The maximum Gasteiger partial charge on any atom is 0.124 e. The molecule has 76 valence electrons. The Morgan fingerprint density at radius 1 is 1.20 bits per heavy atom. The quantitative estimate of drug-likeness (QED) is 0.725. The molecule has 0 bridgehead atoms. The van der Waals surface area contributed by atoms with E-state index in [1.54, 1.807) is 18.5 Å². The summed E-state index contributed by atoms with van der Waals surface area (Å²) in [4.78, 5) is 4.02. The highest BCUT2D eigenvalue weighted by molar-refractivity contribution is 5.63. The van der Waals surface area contributed by atoms with Crippen LogP contribution in [0.25, 0.3) is 11.1 Å². The average Bonchev–Trinajstić information content (AvgIpc) is 2.29. The van der Waals surface area contributed by atoms with Crippen LogP contribution < -0.4 is 0 Å². The number of pyridine rings is 1. The molecule has 1 heterocycles. The van der Waals surface area contributed by atoms with Crippen molar-refractivity contribution in [2.75, 3.05) is 0 Å². The molecule has 2 heteroatoms. The van der Waals surface area contributed by atoms with Crippen LogP contribution in [-0.2, 0) is 6.42 Å². The fourth-order valence-electron chi connectivity index (χ4n) is 1.55. The van der Waals surface area contributed by atoms with Gasteiger partial charge in [0.15, 0.2) is 0 Å². The van der Waals surface area contributed by atoms with E-state index in [1.807, 2.05) is 25.1 Å². The van der Waals surface area contributed by atoms with Gasteiger partial charge in [-0.25, -0.2) is 4.39 Å². The number of hydrogen-bond donors (Lipinski definition) is 0. The lowest BCUT2D eigenvalue weighted by atomic mass is 10.0. The first-order chi connectivity index (χ1) is 7.29. The zero-order valence-electron chi connectivity index (χ0n) is 8.57. The van der Waals surface area contributed by atoms with E-state index in [0.717, 1.165) is 23.1 Å². The van der Waals surface area contributed by atoms with E-state index in [2.05, 4.69) is 4.98 Å². The van der Waals surface area contributed by atoms with Gasteiger partial charge >= 0.3 is 0 Å². The van der Waals surface area contributed by atoms with E-state index in [1.165, 1.54) is 6.07 Å². The highest BCUT2D eigenvalue weighted by atomic mass is 19.1. The highest BCUT2D eigenvalue weighted by Gasteiger charge is 2.01. The summed E-state index contributed by atoms with van der Waals surface area (Å²) in [7, 11) is 0. The minimum atomic E-state index is -0.187. The molecule has 2 aromatic rings. The van der Waals surface area contributed by atoms with Crippen molar-refractivity contribution in [3.05, 3.63) is 54.1 Å². The van der Waals surface area contributed by atoms with Crippen LogP contribution in [0.1, 0.15) is 12.5 Å². The van der Waals surface area contributed by atoms with E-state index >= 15 is 0 Å². The van der Waals surface area contributed by atoms with Gasteiger partial charge in [0.05, 0.1) is 0 Å². The van der Waals surface area contributed by atoms with Crippen molar-refractivity contribution >= 4 is 0 Å². The maximum absolute atomic E-state index is 13.3. The minimum Gasteiger partial charge on any atom is -0.264 e. The topological polar surface area (TPSA) is 12.9 Å². The molecule has 0 aliphatic rings. The Hall–Kier alpha value is -1.70. The summed E-state index contributed by atoms with van der Waals surface area (Å²) >= 11 is 0. The second-order valence-electron chi connectivity index (χ2n) is 3.44. The van der Waals surface area contributed by atoms with E-state index in [-0.39, 0.29) is 5.82 Å². The molecule has 0 amide bonds. The van der Waals surface area contributed by atoms with Gasteiger partial charge in [-0.05, 0) is 35.7 Å². The Morgan fingerprint density at radius 3 is 2.73 bits per heavy atom. The predicted octanol–water partition coefficient (Wildman–Crippen LogP) is 3.45. The van der Waals surface area contributed by atoms with Crippen LogP contribution in [-0.4, -0.2) is 4.98 Å². The summed E-state index contributed by atoms with van der Waals surface area (Å²) in [6.45, 7) is 2.02. The van der Waals surface area contributed by atoms with Gasteiger partial charge in [-0.3, -0.25) is 4.98 Å². The van der Waals surface area contributed by atoms with Crippen molar-refractivity contribution in [3.8, 4) is 11.1 Å². The number of nitrogens with zero attached hydrogens (tertiary/aromatic N) is 1. The molecule has 0 fully saturated rings. The number of hydrogen-bond acceptors (Lipinski definition) is 1. The zero-order chi connectivity index (χ0) is 10.7. The molecule has 0 aliphatic carbocycles. The van der Waals surface area contributed by atoms with Gasteiger partial charge in [-0.15, -0.1) is 0 Å². The van der Waals surface area contributed by atoms with Crippen LogP contribution in [0.4, 0.5) is 4.39 Å². The van der Waals surface area contributed by atoms with E-state index in [4.69, 9.17) is 0 Å². The first kappa shape index (κ1) is 9.84. The predicted molar refractivity (Wildman–Crippen MR) is 59.0 cm³/mol. The van der Waals surface area contributed by atoms with Gasteiger partial charge in [-0.1, -0.05) is 19.1 Å². The Bertz CT molecular complexity index is 451. The van der Waals surface area contributed by atoms with Crippen molar-refractivity contribution < 1.29 is 4.39 Å². The molecular formula is C13H12FN. The molecule has 1 nitrogen and oxygen atoms in total. The molecule has 0 saturated carbocycles. The van der Waals surface area contributed by atoms with Crippen LogP contribution in [0, 0.1) is 5.82 Å². The van der Waals surface area contributed by atoms with Crippen LogP contribution >= 0.6 is 0 Å². The minimum absolute atomic E-state index is 0.187. The molecule has 0 radical (unpaired) electrons. The first-order valence-electron chi connectivity index (χ1n) is 4.99. The van der Waals surface area contributed by atoms with Crippen LogP contribution in [0.2, 0.25) is 0 Å². The van der Waals surface area contributed by atoms with Gasteiger partial charge in [0.2, 0.25) is 0 Å². The summed E-state index contributed by atoms with van der Waals surface area (Å²) in [5.74, 6) is -0.187. The Labute approximate surface area is 88.6 Å². The Balaban J connectivity index is 2.49. The number of aromatic nitrogens is 1. The smallest absolute Gasteiger partial charge is 0.124 e. The van der Waals surface area contributed by atoms with Crippen molar-refractivity contribution in [2.45, 2.75) is 13.3 Å². The normalized spacial score (nSPS) is 10.3. The molecule has 1 aromatic heterocycles. The monoisotopic (exact) mass is 201 g/mol. The maximum atomic E-state index is 13.3. The van der Waals surface area contributed by atoms with Crippen LogP contribution in [0.15, 0.2) is 42.7 Å². The van der Waals surface area contributed by atoms with Gasteiger partial charge in [0.25, 0.3) is 0 Å². The third-order valence-electron chi connectivity index (χ3n) is 2.36. The van der Waals surface area contributed by atoms with Crippen LogP contribution in [0.3, 0.4) is 0 Å². The van der Waals surface area contributed by atoms with E-state index in [9.17, 15) is 4.39 Å². The molecule has 0 N–H and O–H groups in total. The molecule has 0 spiro atoms. The summed E-state index contributed by atoms with van der Waals surface area (Å²) in [5, 5.41) is 0. The summed E-state index contributed by atoms with van der Waals surface area (Å²) in [6.07, 6.45) is 4.29. The highest BCUT2D eigenvalue weighted by Crippen LogP contribution is 2.21. The van der Waals surface area contributed by atoms with E-state index < -0.39 is 0 Å². The number of rotatable bonds is 2. The molecule has 0 saturated heterocycles. The molecule has 0 unspecified atom stereocenters. The molecule has 2 rings (SSSR count). The zero-order valence-corrected chi connectivity index (χ0v) is 8.57. The molecule has 0 aliphatic heterocycles. The molecular weight excluding hydrogens is 189 g/mol. The summed E-state index contributed by atoms with van der Waals surface area (Å²) in [6, 6.07) is 8.89. The largest absolute Gasteiger partial charge is 0.264 e. The third-order valence-corrected chi connectivity index (χ3v) is 2.36. The lowest BCUT2D eigenvalue weighted by Crippen LogP contribution is -1.86. The second-order valence-corrected chi connectivity index (χ2v) is 3.44. The number of benzene rings is 1. The van der Waals surface area contributed by atoms with E-state index in [0.29, 0.717) is 0 Å². The van der Waals surface area contributed by atoms with Gasteiger partial charge in [-0.2, -0.15) is 0 Å². The van der Waals surface area contributed by atoms with Crippen molar-refractivity contribution in [1.29, 1.82) is 0 Å². The van der Waals surface area contributed by atoms with Gasteiger partial charge in [0, 0.05) is 18.0 Å². The third kappa shape index (κ3) is 2.21. The average molecular weight is 201 g/mol.